The Hall–Kier alpha value is -0.660. The number of hydrogen-bond acceptors (Lipinski definition) is 4. The smallest absolute Gasteiger partial charge is 0.223 e. The van der Waals surface area contributed by atoms with Gasteiger partial charge >= 0.3 is 0 Å². The third-order valence-electron chi connectivity index (χ3n) is 2.87. The summed E-state index contributed by atoms with van der Waals surface area (Å²) in [5.74, 6) is 0.217. The van der Waals surface area contributed by atoms with Crippen LogP contribution in [0.5, 0.6) is 0 Å². The summed E-state index contributed by atoms with van der Waals surface area (Å²) in [7, 11) is 0.589. The predicted octanol–water partition coefficient (Wildman–Crippen LogP) is -0.664. The second kappa shape index (κ2) is 6.49. The lowest BCUT2D eigenvalue weighted by Gasteiger charge is -2.22. The fraction of sp³-hybridized carbons (Fsp3) is 0.909. The zero-order valence-electron chi connectivity index (χ0n) is 11.3. The minimum absolute atomic E-state index is 0.0519. The number of rotatable bonds is 8. The number of likely N-dealkylation sites (N-methyl/N-ethyl adjacent to an activating group) is 1. The van der Waals surface area contributed by atoms with Gasteiger partial charge in [-0.1, -0.05) is 0 Å². The molecule has 1 fully saturated rings. The van der Waals surface area contributed by atoms with E-state index in [2.05, 4.69) is 5.32 Å². The van der Waals surface area contributed by atoms with Gasteiger partial charge in [0.15, 0.2) is 0 Å². The van der Waals surface area contributed by atoms with Crippen LogP contribution >= 0.6 is 0 Å². The minimum atomic E-state index is -3.21. The fourth-order valence-electron chi connectivity index (χ4n) is 1.55. The van der Waals surface area contributed by atoms with E-state index in [-0.39, 0.29) is 11.8 Å². The maximum Gasteiger partial charge on any atom is 0.223 e. The maximum absolute atomic E-state index is 11.6. The van der Waals surface area contributed by atoms with Crippen LogP contribution in [-0.2, 0) is 14.8 Å². The van der Waals surface area contributed by atoms with Crippen molar-refractivity contribution in [3.8, 4) is 0 Å². The summed E-state index contributed by atoms with van der Waals surface area (Å²) >= 11 is 0. The van der Waals surface area contributed by atoms with Crippen LogP contribution in [0.15, 0.2) is 0 Å². The van der Waals surface area contributed by atoms with Gasteiger partial charge in [0.25, 0.3) is 0 Å². The largest absolute Gasteiger partial charge is 0.355 e. The van der Waals surface area contributed by atoms with Gasteiger partial charge in [-0.3, -0.25) is 4.79 Å². The molecule has 6 nitrogen and oxygen atoms in total. The van der Waals surface area contributed by atoms with Crippen LogP contribution < -0.4 is 5.32 Å². The van der Waals surface area contributed by atoms with Gasteiger partial charge in [0.05, 0.1) is 6.26 Å². The molecule has 0 aliphatic heterocycles. The normalized spacial score (nSPS) is 16.3. The van der Waals surface area contributed by atoms with E-state index in [0.717, 1.165) is 12.8 Å². The topological polar surface area (TPSA) is 69.7 Å². The molecule has 1 amide bonds. The van der Waals surface area contributed by atoms with E-state index in [9.17, 15) is 13.2 Å². The second-order valence-electron chi connectivity index (χ2n) is 5.03. The zero-order chi connectivity index (χ0) is 13.8. The van der Waals surface area contributed by atoms with Gasteiger partial charge in [-0.2, -0.15) is 4.31 Å². The number of hydrogen-bond donors (Lipinski definition) is 1. The van der Waals surface area contributed by atoms with E-state index in [4.69, 9.17) is 0 Å². The van der Waals surface area contributed by atoms with Gasteiger partial charge < -0.3 is 10.2 Å². The third-order valence-corrected chi connectivity index (χ3v) is 4.18. The third kappa shape index (κ3) is 5.79. The van der Waals surface area contributed by atoms with Crippen LogP contribution in [0.4, 0.5) is 0 Å². The van der Waals surface area contributed by atoms with Crippen molar-refractivity contribution in [2.75, 3.05) is 46.5 Å². The van der Waals surface area contributed by atoms with Crippen molar-refractivity contribution in [1.29, 1.82) is 0 Å². The number of nitrogens with one attached hydrogen (secondary N) is 1. The highest BCUT2D eigenvalue weighted by atomic mass is 32.2. The lowest BCUT2D eigenvalue weighted by Crippen LogP contribution is -2.41. The Bertz CT molecular complexity index is 377. The highest BCUT2D eigenvalue weighted by Crippen LogP contribution is 2.28. The molecular weight excluding hydrogens is 254 g/mol. The first-order chi connectivity index (χ1) is 8.30. The Morgan fingerprint density at radius 2 is 1.83 bits per heavy atom. The summed E-state index contributed by atoms with van der Waals surface area (Å²) in [5, 5.41) is 2.78. The molecule has 0 aromatic rings. The molecule has 1 saturated carbocycles. The van der Waals surface area contributed by atoms with E-state index in [1.54, 1.807) is 0 Å². The van der Waals surface area contributed by atoms with Gasteiger partial charge in [-0.15, -0.1) is 0 Å². The van der Waals surface area contributed by atoms with Crippen LogP contribution in [0.25, 0.3) is 0 Å². The minimum Gasteiger partial charge on any atom is -0.355 e. The molecule has 0 unspecified atom stereocenters. The Labute approximate surface area is 109 Å². The molecule has 0 spiro atoms. The summed E-state index contributed by atoms with van der Waals surface area (Å²) in [4.78, 5) is 13.3. The van der Waals surface area contributed by atoms with Crippen LogP contribution in [0.1, 0.15) is 12.8 Å². The molecule has 106 valence electrons. The summed E-state index contributed by atoms with van der Waals surface area (Å²) in [6.45, 7) is 1.84. The van der Waals surface area contributed by atoms with Crippen LogP contribution in [0.3, 0.4) is 0 Å². The predicted molar refractivity (Wildman–Crippen MR) is 70.7 cm³/mol. The highest BCUT2D eigenvalue weighted by molar-refractivity contribution is 7.88. The van der Waals surface area contributed by atoms with Gasteiger partial charge in [-0.05, 0) is 26.9 Å². The molecular formula is C11H23N3O3S. The average Bonchev–Trinajstić information content (AvgIpc) is 3.03. The molecule has 0 saturated heterocycles. The molecule has 1 aliphatic rings. The van der Waals surface area contributed by atoms with E-state index in [1.165, 1.54) is 10.6 Å². The molecule has 0 aromatic heterocycles. The van der Waals surface area contributed by atoms with Crippen molar-refractivity contribution in [1.82, 2.24) is 14.5 Å². The van der Waals surface area contributed by atoms with Crippen LogP contribution in [-0.4, -0.2) is 70.1 Å². The average molecular weight is 277 g/mol. The number of carbonyl (C=O) groups is 1. The van der Waals surface area contributed by atoms with Crippen LogP contribution in [0.2, 0.25) is 0 Å². The number of nitrogens with zero attached hydrogens (tertiary/aromatic N) is 2. The highest BCUT2D eigenvalue weighted by Gasteiger charge is 2.29. The first kappa shape index (κ1) is 15.4. The summed E-state index contributed by atoms with van der Waals surface area (Å²) in [6.07, 6.45) is 3.12. The van der Waals surface area contributed by atoms with Gasteiger partial charge in [0, 0.05) is 32.1 Å². The standard InChI is InChI=1S/C11H23N3O3S/c1-13(2)8-9-14(18(3,16)17)7-6-12-11(15)10-4-5-10/h10H,4-9H2,1-3H3,(H,12,15). The van der Waals surface area contributed by atoms with Crippen molar-refractivity contribution >= 4 is 15.9 Å². The maximum atomic E-state index is 11.6. The van der Waals surface area contributed by atoms with E-state index >= 15 is 0 Å². The lowest BCUT2D eigenvalue weighted by molar-refractivity contribution is -0.122. The molecule has 1 N–H and O–H groups in total. The second-order valence-corrected chi connectivity index (χ2v) is 7.01. The number of carbonyl (C=O) groups excluding carboxylic acids is 1. The lowest BCUT2D eigenvalue weighted by atomic mass is 10.4. The van der Waals surface area contributed by atoms with Crippen molar-refractivity contribution in [2.45, 2.75) is 12.8 Å². The number of amides is 1. The molecule has 18 heavy (non-hydrogen) atoms. The van der Waals surface area contributed by atoms with E-state index in [0.29, 0.717) is 26.2 Å². The molecule has 7 heteroatoms. The quantitative estimate of drug-likeness (QED) is 0.639. The molecule has 0 aromatic carbocycles. The Morgan fingerprint density at radius 1 is 1.22 bits per heavy atom. The van der Waals surface area contributed by atoms with Crippen molar-refractivity contribution in [3.05, 3.63) is 0 Å². The summed E-state index contributed by atoms with van der Waals surface area (Å²) in [6, 6.07) is 0. The van der Waals surface area contributed by atoms with Crippen molar-refractivity contribution < 1.29 is 13.2 Å². The SMILES string of the molecule is CN(C)CCN(CCNC(=O)C1CC1)S(C)(=O)=O. The van der Waals surface area contributed by atoms with Gasteiger partial charge in [-0.25, -0.2) is 8.42 Å². The van der Waals surface area contributed by atoms with E-state index < -0.39 is 10.0 Å². The first-order valence-electron chi connectivity index (χ1n) is 6.18. The molecule has 1 rings (SSSR count). The monoisotopic (exact) mass is 277 g/mol. The Balaban J connectivity index is 2.33. The van der Waals surface area contributed by atoms with Crippen molar-refractivity contribution in [2.24, 2.45) is 5.92 Å². The van der Waals surface area contributed by atoms with Crippen LogP contribution in [0, 0.1) is 5.92 Å². The fourth-order valence-corrected chi connectivity index (χ4v) is 2.38. The molecule has 0 bridgehead atoms. The summed E-state index contributed by atoms with van der Waals surface area (Å²) < 4.78 is 24.5. The Kier molecular flexibility index (Phi) is 5.55. The Morgan fingerprint density at radius 3 is 2.28 bits per heavy atom. The molecule has 0 radical (unpaired) electrons. The van der Waals surface area contributed by atoms with Crippen molar-refractivity contribution in [3.63, 3.8) is 0 Å². The van der Waals surface area contributed by atoms with Gasteiger partial charge in [0.2, 0.25) is 15.9 Å². The first-order valence-corrected chi connectivity index (χ1v) is 8.03. The number of sulfonamides is 1. The molecule has 0 heterocycles. The molecule has 1 aliphatic carbocycles. The van der Waals surface area contributed by atoms with Gasteiger partial charge in [0.1, 0.15) is 0 Å². The zero-order valence-corrected chi connectivity index (χ0v) is 12.2. The summed E-state index contributed by atoms with van der Waals surface area (Å²) in [5.41, 5.74) is 0. The van der Waals surface area contributed by atoms with E-state index in [1.807, 2.05) is 19.0 Å². The molecule has 0 atom stereocenters.